The molecule has 1 aromatic rings. The monoisotopic (exact) mass is 413 g/mol. The summed E-state index contributed by atoms with van der Waals surface area (Å²) in [5.41, 5.74) is 1.08. The molecule has 0 saturated carbocycles. The van der Waals surface area contributed by atoms with E-state index in [0.29, 0.717) is 37.0 Å². The summed E-state index contributed by atoms with van der Waals surface area (Å²) in [5.74, 6) is -0.531. The molecule has 6 nitrogen and oxygen atoms in total. The van der Waals surface area contributed by atoms with E-state index in [-0.39, 0.29) is 12.3 Å². The minimum atomic E-state index is -0.588. The van der Waals surface area contributed by atoms with Gasteiger partial charge in [0.15, 0.2) is 0 Å². The van der Waals surface area contributed by atoms with Gasteiger partial charge in [-0.1, -0.05) is 31.2 Å². The van der Waals surface area contributed by atoms with Gasteiger partial charge in [-0.3, -0.25) is 4.79 Å². The third-order valence-corrected chi connectivity index (χ3v) is 4.74. The van der Waals surface area contributed by atoms with E-state index in [1.807, 2.05) is 13.0 Å². The van der Waals surface area contributed by atoms with Crippen molar-refractivity contribution in [3.8, 4) is 11.8 Å². The Balaban J connectivity index is 3.13. The van der Waals surface area contributed by atoms with Crippen molar-refractivity contribution < 1.29 is 23.8 Å². The van der Waals surface area contributed by atoms with E-state index < -0.39 is 24.1 Å². The summed E-state index contributed by atoms with van der Waals surface area (Å²) < 4.78 is 16.6. The molecule has 6 heteroatoms. The first-order valence-electron chi connectivity index (χ1n) is 10.0. The molecular weight excluding hydrogens is 382 g/mol. The van der Waals surface area contributed by atoms with Crippen LogP contribution in [0.2, 0.25) is 0 Å². The second-order valence-electron chi connectivity index (χ2n) is 7.10. The van der Waals surface area contributed by atoms with Crippen LogP contribution in [0.15, 0.2) is 43.5 Å². The van der Waals surface area contributed by atoms with Crippen molar-refractivity contribution in [2.45, 2.75) is 58.2 Å². The Morgan fingerprint density at radius 3 is 2.53 bits per heavy atom. The lowest BCUT2D eigenvalue weighted by Gasteiger charge is -2.27. The number of ether oxygens (including phenoxy) is 3. The van der Waals surface area contributed by atoms with Crippen molar-refractivity contribution in [3.63, 3.8) is 0 Å². The molecule has 0 spiro atoms. The molecule has 0 saturated heterocycles. The second kappa shape index (κ2) is 13.2. The van der Waals surface area contributed by atoms with Gasteiger partial charge in [-0.25, -0.2) is 4.79 Å². The van der Waals surface area contributed by atoms with Crippen LogP contribution in [0.4, 0.5) is 0 Å². The number of hydrogen-bond acceptors (Lipinski definition) is 6. The number of allylic oxidation sites excluding steroid dienone is 2. The summed E-state index contributed by atoms with van der Waals surface area (Å²) >= 11 is 0. The molecule has 0 aromatic heterocycles. The quantitative estimate of drug-likeness (QED) is 0.341. The largest absolute Gasteiger partial charge is 0.496 e. The lowest BCUT2D eigenvalue weighted by Crippen LogP contribution is -2.31. The van der Waals surface area contributed by atoms with Gasteiger partial charge in [0.25, 0.3) is 0 Å². The van der Waals surface area contributed by atoms with E-state index in [0.717, 1.165) is 5.56 Å². The fourth-order valence-corrected chi connectivity index (χ4v) is 3.25. The van der Waals surface area contributed by atoms with Crippen LogP contribution in [-0.2, 0) is 20.7 Å². The average molecular weight is 414 g/mol. The molecule has 0 heterocycles. The summed E-state index contributed by atoms with van der Waals surface area (Å²) in [6.07, 6.45) is 4.40. The van der Waals surface area contributed by atoms with Gasteiger partial charge in [-0.2, -0.15) is 5.26 Å². The topological polar surface area (TPSA) is 85.6 Å². The fourth-order valence-electron chi connectivity index (χ4n) is 3.25. The van der Waals surface area contributed by atoms with Gasteiger partial charge in [0, 0.05) is 19.8 Å². The van der Waals surface area contributed by atoms with Gasteiger partial charge in [-0.15, -0.1) is 13.2 Å². The minimum Gasteiger partial charge on any atom is -0.496 e. The zero-order chi connectivity index (χ0) is 22.5. The molecule has 0 radical (unpaired) electrons. The first kappa shape index (κ1) is 25.0. The van der Waals surface area contributed by atoms with Crippen LogP contribution in [0.1, 0.15) is 55.5 Å². The third-order valence-electron chi connectivity index (χ3n) is 4.74. The predicted octanol–water partition coefficient (Wildman–Crippen LogP) is 4.79. The molecule has 0 fully saturated rings. The van der Waals surface area contributed by atoms with Crippen LogP contribution in [0, 0.1) is 17.2 Å². The second-order valence-corrected chi connectivity index (χ2v) is 7.10. The summed E-state index contributed by atoms with van der Waals surface area (Å²) in [6, 6.07) is 7.40. The van der Waals surface area contributed by atoms with E-state index in [2.05, 4.69) is 19.2 Å². The first-order valence-corrected chi connectivity index (χ1v) is 10.0. The van der Waals surface area contributed by atoms with Gasteiger partial charge in [0.05, 0.1) is 13.2 Å². The lowest BCUT2D eigenvalue weighted by atomic mass is 9.94. The number of hydrogen-bond donors (Lipinski definition) is 0. The van der Waals surface area contributed by atoms with Crippen molar-refractivity contribution in [1.82, 2.24) is 0 Å². The van der Waals surface area contributed by atoms with Gasteiger partial charge < -0.3 is 14.2 Å². The van der Waals surface area contributed by atoms with E-state index in [1.54, 1.807) is 24.3 Å². The van der Waals surface area contributed by atoms with Gasteiger partial charge >= 0.3 is 11.9 Å². The SMILES string of the molecule is C=CCc1cccc(OC)c1C(=O)O[C@@H](CCC#N)C[C@H](OC(C)=O)[C@@H](C)CC=C. The Kier molecular flexibility index (Phi) is 11.0. The maximum absolute atomic E-state index is 13.0. The summed E-state index contributed by atoms with van der Waals surface area (Å²) in [5, 5.41) is 9.02. The highest BCUT2D eigenvalue weighted by Gasteiger charge is 2.28. The summed E-state index contributed by atoms with van der Waals surface area (Å²) in [6.45, 7) is 10.8. The van der Waals surface area contributed by atoms with E-state index in [9.17, 15) is 9.59 Å². The molecule has 3 atom stereocenters. The first-order chi connectivity index (χ1) is 14.4. The minimum absolute atomic E-state index is 0.00252. The maximum atomic E-state index is 13.0. The van der Waals surface area contributed by atoms with Crippen molar-refractivity contribution in [2.75, 3.05) is 7.11 Å². The number of benzene rings is 1. The zero-order valence-corrected chi connectivity index (χ0v) is 18.1. The lowest BCUT2D eigenvalue weighted by molar-refractivity contribution is -0.150. The van der Waals surface area contributed by atoms with Crippen molar-refractivity contribution in [2.24, 2.45) is 5.92 Å². The average Bonchev–Trinajstić information content (AvgIpc) is 2.71. The van der Waals surface area contributed by atoms with Crippen molar-refractivity contribution in [1.29, 1.82) is 5.26 Å². The highest BCUT2D eigenvalue weighted by molar-refractivity contribution is 5.94. The normalized spacial score (nSPS) is 13.3. The van der Waals surface area contributed by atoms with E-state index in [1.165, 1.54) is 14.0 Å². The number of carbonyl (C=O) groups is 2. The molecular formula is C24H31NO5. The van der Waals surface area contributed by atoms with Crippen LogP contribution in [0.5, 0.6) is 5.75 Å². The third kappa shape index (κ3) is 7.75. The van der Waals surface area contributed by atoms with E-state index >= 15 is 0 Å². The molecule has 0 bridgehead atoms. The number of rotatable bonds is 13. The number of methoxy groups -OCH3 is 1. The highest BCUT2D eigenvalue weighted by Crippen LogP contribution is 2.27. The smallest absolute Gasteiger partial charge is 0.342 e. The molecule has 0 amide bonds. The van der Waals surface area contributed by atoms with Crippen LogP contribution in [0.3, 0.4) is 0 Å². The van der Waals surface area contributed by atoms with Crippen molar-refractivity contribution >= 4 is 11.9 Å². The van der Waals surface area contributed by atoms with Gasteiger partial charge in [0.2, 0.25) is 0 Å². The number of carbonyl (C=O) groups excluding carboxylic acids is 2. The molecule has 0 aliphatic rings. The van der Waals surface area contributed by atoms with Gasteiger partial charge in [-0.05, 0) is 36.8 Å². The molecule has 0 aliphatic carbocycles. The van der Waals surface area contributed by atoms with Crippen LogP contribution >= 0.6 is 0 Å². The highest BCUT2D eigenvalue weighted by atomic mass is 16.6. The molecule has 0 unspecified atom stereocenters. The fraction of sp³-hybridized carbons (Fsp3) is 0.458. The van der Waals surface area contributed by atoms with Crippen LogP contribution in [0.25, 0.3) is 0 Å². The molecule has 0 N–H and O–H groups in total. The number of nitriles is 1. The van der Waals surface area contributed by atoms with E-state index in [4.69, 9.17) is 19.5 Å². The van der Waals surface area contributed by atoms with Crippen LogP contribution < -0.4 is 4.74 Å². The molecule has 0 aliphatic heterocycles. The summed E-state index contributed by atoms with van der Waals surface area (Å²) in [7, 11) is 1.49. The van der Waals surface area contributed by atoms with Crippen LogP contribution in [-0.4, -0.2) is 31.3 Å². The number of esters is 2. The number of nitrogens with zero attached hydrogens (tertiary/aromatic N) is 1. The zero-order valence-electron chi connectivity index (χ0n) is 18.1. The maximum Gasteiger partial charge on any atom is 0.342 e. The molecule has 162 valence electrons. The Labute approximate surface area is 179 Å². The Hall–Kier alpha value is -3.07. The van der Waals surface area contributed by atoms with Crippen molar-refractivity contribution in [3.05, 3.63) is 54.6 Å². The standard InChI is InChI=1S/C24H31NO5/c1-6-10-17(3)22(29-18(4)26)16-20(13-9-15-25)30-24(27)23-19(11-7-2)12-8-14-21(23)28-5/h6-8,12,14,17,20,22H,1-2,9-11,13,16H2,3-5H3/t17-,20-,22-/m0/s1. The Bertz CT molecular complexity index is 780. The molecule has 1 rings (SSSR count). The predicted molar refractivity (Wildman–Crippen MR) is 115 cm³/mol. The Morgan fingerprint density at radius 2 is 1.97 bits per heavy atom. The van der Waals surface area contributed by atoms with Gasteiger partial charge in [0.1, 0.15) is 23.5 Å². The molecule has 1 aromatic carbocycles. The molecule has 30 heavy (non-hydrogen) atoms. The summed E-state index contributed by atoms with van der Waals surface area (Å²) in [4.78, 5) is 24.6. The Morgan fingerprint density at radius 1 is 1.23 bits per heavy atom.